The van der Waals surface area contributed by atoms with Crippen LogP contribution in [0.4, 0.5) is 21.7 Å². The van der Waals surface area contributed by atoms with Gasteiger partial charge in [0.05, 0.1) is 24.4 Å². The third-order valence-corrected chi connectivity index (χ3v) is 6.52. The van der Waals surface area contributed by atoms with Crippen molar-refractivity contribution in [2.75, 3.05) is 17.7 Å². The summed E-state index contributed by atoms with van der Waals surface area (Å²) in [4.78, 5) is 30.3. The molecule has 2 aliphatic carbocycles. The number of pyridine rings is 1. The maximum absolute atomic E-state index is 13.6. The van der Waals surface area contributed by atoms with Gasteiger partial charge in [0.1, 0.15) is 29.1 Å². The van der Waals surface area contributed by atoms with Gasteiger partial charge in [0.15, 0.2) is 5.65 Å². The molecule has 3 aromatic rings. The van der Waals surface area contributed by atoms with E-state index in [-0.39, 0.29) is 22.8 Å². The first-order valence-corrected chi connectivity index (χ1v) is 11.1. The van der Waals surface area contributed by atoms with Crippen molar-refractivity contribution in [1.29, 1.82) is 0 Å². The summed E-state index contributed by atoms with van der Waals surface area (Å²) in [6.07, 6.45) is 4.83. The Hall–Kier alpha value is -3.47. The Morgan fingerprint density at radius 2 is 2.12 bits per heavy atom. The summed E-state index contributed by atoms with van der Waals surface area (Å²) in [5.74, 6) is 0.451. The number of alkyl halides is 1. The number of aliphatic hydroxyl groups is 1. The van der Waals surface area contributed by atoms with Crippen molar-refractivity contribution in [2.45, 2.75) is 56.5 Å². The lowest BCUT2D eigenvalue weighted by atomic mass is 9.90. The Balaban J connectivity index is 1.48. The van der Waals surface area contributed by atoms with Crippen LogP contribution in [0, 0.1) is 0 Å². The number of hydrogen-bond acceptors (Lipinski definition) is 7. The second-order valence-corrected chi connectivity index (χ2v) is 8.57. The number of hydrogen-bond donors (Lipinski definition) is 4. The lowest BCUT2D eigenvalue weighted by Gasteiger charge is -2.30. The van der Waals surface area contributed by atoms with Gasteiger partial charge in [0.2, 0.25) is 0 Å². The fourth-order valence-electron chi connectivity index (χ4n) is 4.48. The van der Waals surface area contributed by atoms with E-state index in [0.29, 0.717) is 36.6 Å². The summed E-state index contributed by atoms with van der Waals surface area (Å²) in [6, 6.07) is 4.32. The van der Waals surface area contributed by atoms with Crippen molar-refractivity contribution in [1.82, 2.24) is 24.5 Å². The monoisotopic (exact) mass is 455 g/mol. The number of nitrogens with zero attached hydrogens (tertiary/aromatic N) is 4. The zero-order valence-corrected chi connectivity index (χ0v) is 18.2. The zero-order chi connectivity index (χ0) is 23.1. The van der Waals surface area contributed by atoms with Crippen LogP contribution < -0.4 is 21.5 Å². The molecule has 0 unspecified atom stereocenters. The van der Waals surface area contributed by atoms with Crippen LogP contribution in [0.15, 0.2) is 35.4 Å². The highest BCUT2D eigenvalue weighted by atomic mass is 19.1. The molecule has 4 N–H and O–H groups in total. The number of rotatable bonds is 6. The zero-order valence-electron chi connectivity index (χ0n) is 18.2. The van der Waals surface area contributed by atoms with Crippen molar-refractivity contribution in [2.24, 2.45) is 0 Å². The van der Waals surface area contributed by atoms with Crippen molar-refractivity contribution < 1.29 is 14.3 Å². The standard InChI is InChI=1S/C22H26FN7O3/c1-24-19-10-18(26-15-4-3-9-29(22(15)33)16-5-2-6-17(16)31)28-20-12(11-25-30(19)20)21(32)27-14-8-7-13(14)23/h3-4,9-11,13-14,16-17,24,31H,2,5-8H2,1H3,(H,26,28)(H,27,32)/t13-,14-,16-,17+/m1/s1. The summed E-state index contributed by atoms with van der Waals surface area (Å²) < 4.78 is 16.6. The second kappa shape index (κ2) is 8.47. The first kappa shape index (κ1) is 21.4. The largest absolute Gasteiger partial charge is 0.391 e. The fraction of sp³-hybridized carbons (Fsp3) is 0.455. The lowest BCUT2D eigenvalue weighted by Crippen LogP contribution is -2.48. The first-order valence-electron chi connectivity index (χ1n) is 11.1. The Bertz CT molecular complexity index is 1260. The summed E-state index contributed by atoms with van der Waals surface area (Å²) in [5, 5.41) is 23.2. The van der Waals surface area contributed by atoms with E-state index in [1.165, 1.54) is 10.7 Å². The maximum atomic E-state index is 13.6. The number of halogens is 1. The molecule has 0 radical (unpaired) electrons. The Morgan fingerprint density at radius 3 is 2.79 bits per heavy atom. The van der Waals surface area contributed by atoms with E-state index in [1.54, 1.807) is 36.0 Å². The van der Waals surface area contributed by atoms with Crippen molar-refractivity contribution in [3.8, 4) is 0 Å². The molecule has 11 heteroatoms. The van der Waals surface area contributed by atoms with E-state index >= 15 is 0 Å². The van der Waals surface area contributed by atoms with Gasteiger partial charge < -0.3 is 25.6 Å². The van der Waals surface area contributed by atoms with E-state index in [0.717, 1.165) is 12.8 Å². The second-order valence-electron chi connectivity index (χ2n) is 8.57. The van der Waals surface area contributed by atoms with Crippen molar-refractivity contribution in [3.63, 3.8) is 0 Å². The van der Waals surface area contributed by atoms with Crippen LogP contribution in [0.3, 0.4) is 0 Å². The number of aromatic nitrogens is 4. The quantitative estimate of drug-likeness (QED) is 0.448. The third-order valence-electron chi connectivity index (χ3n) is 6.52. The molecular weight excluding hydrogens is 429 g/mol. The molecule has 3 heterocycles. The van der Waals surface area contributed by atoms with Gasteiger partial charge in [-0.05, 0) is 44.2 Å². The van der Waals surface area contributed by atoms with Crippen LogP contribution >= 0.6 is 0 Å². The highest BCUT2D eigenvalue weighted by Gasteiger charge is 2.33. The molecule has 2 fully saturated rings. The maximum Gasteiger partial charge on any atom is 0.274 e. The smallest absolute Gasteiger partial charge is 0.274 e. The number of fused-ring (bicyclic) bond motifs is 1. The predicted molar refractivity (Wildman–Crippen MR) is 121 cm³/mol. The SMILES string of the molecule is CNc1cc(Nc2cccn([C@@H]3CCC[C@@H]3O)c2=O)nc2c(C(=O)N[C@@H]3CC[C@H]3F)cnn12. The molecule has 0 spiro atoms. The molecule has 0 aromatic carbocycles. The molecule has 10 nitrogen and oxygen atoms in total. The van der Waals surface area contributed by atoms with Crippen LogP contribution in [0.25, 0.3) is 5.65 Å². The third kappa shape index (κ3) is 3.82. The summed E-state index contributed by atoms with van der Waals surface area (Å²) in [6.45, 7) is 0. The minimum atomic E-state index is -1.03. The highest BCUT2D eigenvalue weighted by molar-refractivity contribution is 6.00. The molecule has 2 saturated carbocycles. The van der Waals surface area contributed by atoms with Crippen LogP contribution in [0.5, 0.6) is 0 Å². The number of amides is 1. The number of anilines is 3. The number of nitrogens with one attached hydrogen (secondary N) is 3. The van der Waals surface area contributed by atoms with Gasteiger partial charge in [-0.2, -0.15) is 9.61 Å². The minimum absolute atomic E-state index is 0.216. The van der Waals surface area contributed by atoms with Crippen molar-refractivity contribution >= 4 is 28.9 Å². The Labute approximate surface area is 188 Å². The fourth-order valence-corrected chi connectivity index (χ4v) is 4.48. The lowest BCUT2D eigenvalue weighted by molar-refractivity contribution is 0.0826. The Morgan fingerprint density at radius 1 is 1.27 bits per heavy atom. The molecular formula is C22H26FN7O3. The van der Waals surface area contributed by atoms with Gasteiger partial charge >= 0.3 is 0 Å². The first-order chi connectivity index (χ1) is 16.0. The van der Waals surface area contributed by atoms with Gasteiger partial charge in [0.25, 0.3) is 11.5 Å². The molecule has 2 aliphatic rings. The van der Waals surface area contributed by atoms with Crippen LogP contribution in [-0.4, -0.2) is 55.5 Å². The van der Waals surface area contributed by atoms with Gasteiger partial charge in [-0.1, -0.05) is 0 Å². The van der Waals surface area contributed by atoms with E-state index in [4.69, 9.17) is 0 Å². The normalized spacial score (nSPS) is 24.5. The number of carbonyl (C=O) groups excluding carboxylic acids is 1. The van der Waals surface area contributed by atoms with E-state index < -0.39 is 24.2 Å². The molecule has 3 aromatic heterocycles. The summed E-state index contributed by atoms with van der Waals surface area (Å²) >= 11 is 0. The molecule has 1 amide bonds. The van der Waals surface area contributed by atoms with E-state index in [2.05, 4.69) is 26.0 Å². The molecule has 5 rings (SSSR count). The molecule has 4 atom stereocenters. The summed E-state index contributed by atoms with van der Waals surface area (Å²) in [7, 11) is 1.71. The van der Waals surface area contributed by atoms with E-state index in [9.17, 15) is 19.1 Å². The van der Waals surface area contributed by atoms with Gasteiger partial charge in [-0.3, -0.25) is 9.59 Å². The van der Waals surface area contributed by atoms with Crippen LogP contribution in [0.1, 0.15) is 48.5 Å². The Kier molecular flexibility index (Phi) is 5.49. The average molecular weight is 455 g/mol. The van der Waals surface area contributed by atoms with Gasteiger partial charge in [-0.25, -0.2) is 9.37 Å². The van der Waals surface area contributed by atoms with Crippen LogP contribution in [-0.2, 0) is 0 Å². The van der Waals surface area contributed by atoms with E-state index in [1.807, 2.05) is 0 Å². The number of carbonyl (C=O) groups is 1. The van der Waals surface area contributed by atoms with Crippen LogP contribution in [0.2, 0.25) is 0 Å². The predicted octanol–water partition coefficient (Wildman–Crippen LogP) is 1.99. The minimum Gasteiger partial charge on any atom is -0.391 e. The van der Waals surface area contributed by atoms with Crippen molar-refractivity contribution in [3.05, 3.63) is 46.5 Å². The highest BCUT2D eigenvalue weighted by Crippen LogP contribution is 2.29. The van der Waals surface area contributed by atoms with Gasteiger partial charge in [-0.15, -0.1) is 0 Å². The summed E-state index contributed by atoms with van der Waals surface area (Å²) in [5.41, 5.74) is 0.533. The molecule has 33 heavy (non-hydrogen) atoms. The molecule has 0 saturated heterocycles. The average Bonchev–Trinajstić information content (AvgIpc) is 3.43. The molecule has 174 valence electrons. The number of aliphatic hydroxyl groups excluding tert-OH is 1. The molecule has 0 aliphatic heterocycles. The van der Waals surface area contributed by atoms with Gasteiger partial charge in [0, 0.05) is 19.3 Å². The molecule has 0 bridgehead atoms. The topological polar surface area (TPSA) is 126 Å².